The summed E-state index contributed by atoms with van der Waals surface area (Å²) in [6.45, 7) is 6.08. The zero-order valence-electron chi connectivity index (χ0n) is 25.1. The largest absolute Gasteiger partial charge is 0.312 e. The summed E-state index contributed by atoms with van der Waals surface area (Å²) in [4.78, 5) is 58.5. The van der Waals surface area contributed by atoms with Gasteiger partial charge in [-0.25, -0.2) is 0 Å². The van der Waals surface area contributed by atoms with E-state index in [-0.39, 0.29) is 35.7 Å². The van der Waals surface area contributed by atoms with Crippen molar-refractivity contribution in [2.75, 3.05) is 26.2 Å². The summed E-state index contributed by atoms with van der Waals surface area (Å²) in [7, 11) is 0. The lowest BCUT2D eigenvalue weighted by Gasteiger charge is -2.35. The molecule has 0 saturated heterocycles. The Bertz CT molecular complexity index is 1730. The fourth-order valence-corrected chi connectivity index (χ4v) is 7.47. The van der Waals surface area contributed by atoms with Gasteiger partial charge in [0.1, 0.15) is 0 Å². The Labute approximate surface area is 256 Å². The van der Waals surface area contributed by atoms with Crippen LogP contribution in [0, 0.1) is 0 Å². The number of nitrogens with zero attached hydrogens (tertiary/aromatic N) is 3. The standard InChI is InChI=1S/C36H36N4O4/c1-22(2)38(19-20-40-35(43)29-13-5-9-24-10-6-14-30(32(24)29)36(40)44)26-16-15-25(21-26)37-17-18-39-33(41)27-11-3-7-23-8-4-12-28(31(23)27)34(39)42/h3-14,22,25-26,37H,15-21H2,1-2H3. The Kier molecular flexibility index (Phi) is 7.26. The molecule has 0 bridgehead atoms. The second kappa shape index (κ2) is 11.3. The van der Waals surface area contributed by atoms with Crippen LogP contribution in [0.3, 0.4) is 0 Å². The number of hydrogen-bond acceptors (Lipinski definition) is 6. The van der Waals surface area contributed by atoms with E-state index < -0.39 is 0 Å². The van der Waals surface area contributed by atoms with Gasteiger partial charge in [0.25, 0.3) is 23.6 Å². The second-order valence-corrected chi connectivity index (χ2v) is 12.4. The van der Waals surface area contributed by atoms with E-state index in [1.54, 1.807) is 12.1 Å². The number of amides is 4. The molecule has 4 aromatic rings. The molecule has 2 atom stereocenters. The van der Waals surface area contributed by atoms with E-state index in [1.807, 2.05) is 60.7 Å². The Morgan fingerprint density at radius 1 is 0.682 bits per heavy atom. The fourth-order valence-electron chi connectivity index (χ4n) is 7.47. The predicted octanol–water partition coefficient (Wildman–Crippen LogP) is 5.11. The lowest BCUT2D eigenvalue weighted by molar-refractivity contribution is 0.0561. The molecule has 1 N–H and O–H groups in total. The van der Waals surface area contributed by atoms with Crippen molar-refractivity contribution in [3.05, 3.63) is 95.1 Å². The predicted molar refractivity (Wildman–Crippen MR) is 170 cm³/mol. The van der Waals surface area contributed by atoms with Gasteiger partial charge < -0.3 is 5.32 Å². The summed E-state index contributed by atoms with van der Waals surface area (Å²) < 4.78 is 0. The van der Waals surface area contributed by atoms with Crippen LogP contribution in [0.5, 0.6) is 0 Å². The molecule has 8 nitrogen and oxygen atoms in total. The first kappa shape index (κ1) is 28.4. The van der Waals surface area contributed by atoms with Crippen molar-refractivity contribution in [1.82, 2.24) is 20.0 Å². The van der Waals surface area contributed by atoms with Crippen LogP contribution in [-0.4, -0.2) is 82.6 Å². The summed E-state index contributed by atoms with van der Waals surface area (Å²) in [6, 6.07) is 23.2. The van der Waals surface area contributed by atoms with Gasteiger partial charge in [0.05, 0.1) is 0 Å². The highest BCUT2D eigenvalue weighted by atomic mass is 16.2. The SMILES string of the molecule is CC(C)N(CCN1C(=O)c2cccc3cccc(c23)C1=O)C1CCC(NCCN2C(=O)c3cccc4cccc(c34)C2=O)C1. The molecule has 224 valence electrons. The van der Waals surface area contributed by atoms with Crippen LogP contribution in [0.2, 0.25) is 0 Å². The third-order valence-corrected chi connectivity index (χ3v) is 9.60. The maximum absolute atomic E-state index is 13.4. The molecule has 0 radical (unpaired) electrons. The van der Waals surface area contributed by atoms with Gasteiger partial charge in [0, 0.05) is 77.3 Å². The lowest BCUT2D eigenvalue weighted by atomic mass is 9.94. The van der Waals surface area contributed by atoms with Crippen molar-refractivity contribution in [2.45, 2.75) is 51.2 Å². The Hall–Kier alpha value is -4.40. The van der Waals surface area contributed by atoms with Crippen LogP contribution in [-0.2, 0) is 0 Å². The number of carbonyl (C=O) groups excluding carboxylic acids is 4. The van der Waals surface area contributed by atoms with E-state index in [4.69, 9.17) is 0 Å². The Balaban J connectivity index is 0.966. The lowest BCUT2D eigenvalue weighted by Crippen LogP contribution is -2.48. The normalized spacial score (nSPS) is 19.8. The van der Waals surface area contributed by atoms with E-state index in [0.717, 1.165) is 40.8 Å². The van der Waals surface area contributed by atoms with Crippen LogP contribution in [0.25, 0.3) is 21.5 Å². The van der Waals surface area contributed by atoms with Gasteiger partial charge in [0.15, 0.2) is 0 Å². The van der Waals surface area contributed by atoms with Crippen molar-refractivity contribution in [1.29, 1.82) is 0 Å². The number of carbonyl (C=O) groups is 4. The molecule has 1 saturated carbocycles. The zero-order chi connectivity index (χ0) is 30.5. The monoisotopic (exact) mass is 588 g/mol. The Morgan fingerprint density at radius 3 is 1.59 bits per heavy atom. The number of imide groups is 2. The molecular formula is C36H36N4O4. The molecule has 0 aromatic heterocycles. The number of rotatable bonds is 9. The van der Waals surface area contributed by atoms with Gasteiger partial charge in [0.2, 0.25) is 0 Å². The summed E-state index contributed by atoms with van der Waals surface area (Å²) in [5.41, 5.74) is 2.34. The van der Waals surface area contributed by atoms with E-state index in [9.17, 15) is 19.2 Å². The summed E-state index contributed by atoms with van der Waals surface area (Å²) in [5.74, 6) is -0.932. The van der Waals surface area contributed by atoms with Crippen LogP contribution in [0.4, 0.5) is 0 Å². The van der Waals surface area contributed by atoms with E-state index in [0.29, 0.717) is 54.5 Å². The van der Waals surface area contributed by atoms with E-state index in [1.165, 1.54) is 9.80 Å². The van der Waals surface area contributed by atoms with Crippen molar-refractivity contribution in [2.24, 2.45) is 0 Å². The van der Waals surface area contributed by atoms with Crippen LogP contribution in [0.1, 0.15) is 74.5 Å². The first-order valence-corrected chi connectivity index (χ1v) is 15.6. The van der Waals surface area contributed by atoms with E-state index >= 15 is 0 Å². The van der Waals surface area contributed by atoms with Gasteiger partial charge in [-0.15, -0.1) is 0 Å². The highest BCUT2D eigenvalue weighted by Gasteiger charge is 2.36. The summed E-state index contributed by atoms with van der Waals surface area (Å²) in [6.07, 6.45) is 2.90. The van der Waals surface area contributed by atoms with Crippen LogP contribution < -0.4 is 5.32 Å². The van der Waals surface area contributed by atoms with Crippen molar-refractivity contribution >= 4 is 45.2 Å². The topological polar surface area (TPSA) is 90.0 Å². The highest BCUT2D eigenvalue weighted by molar-refractivity contribution is 6.26. The second-order valence-electron chi connectivity index (χ2n) is 12.4. The molecular weight excluding hydrogens is 552 g/mol. The Morgan fingerprint density at radius 2 is 1.14 bits per heavy atom. The molecule has 44 heavy (non-hydrogen) atoms. The number of hydrogen-bond donors (Lipinski definition) is 1. The van der Waals surface area contributed by atoms with Crippen LogP contribution >= 0.6 is 0 Å². The maximum Gasteiger partial charge on any atom is 0.261 e. The number of nitrogens with one attached hydrogen (secondary N) is 1. The first-order chi connectivity index (χ1) is 21.3. The fraction of sp³-hybridized carbons (Fsp3) is 0.333. The van der Waals surface area contributed by atoms with Crippen LogP contribution in [0.15, 0.2) is 72.8 Å². The van der Waals surface area contributed by atoms with Crippen molar-refractivity contribution in [3.63, 3.8) is 0 Å². The summed E-state index contributed by atoms with van der Waals surface area (Å²) in [5, 5.41) is 6.90. The zero-order valence-corrected chi connectivity index (χ0v) is 25.1. The minimum absolute atomic E-state index is 0.227. The minimum Gasteiger partial charge on any atom is -0.312 e. The smallest absolute Gasteiger partial charge is 0.261 e. The molecule has 8 heteroatoms. The summed E-state index contributed by atoms with van der Waals surface area (Å²) >= 11 is 0. The molecule has 2 unspecified atom stereocenters. The molecule has 0 spiro atoms. The molecule has 1 aliphatic carbocycles. The molecule has 2 heterocycles. The van der Waals surface area contributed by atoms with Crippen molar-refractivity contribution < 1.29 is 19.2 Å². The first-order valence-electron chi connectivity index (χ1n) is 15.6. The molecule has 4 amide bonds. The molecule has 2 aliphatic heterocycles. The average Bonchev–Trinajstić information content (AvgIpc) is 3.49. The maximum atomic E-state index is 13.4. The van der Waals surface area contributed by atoms with Gasteiger partial charge in [-0.1, -0.05) is 48.5 Å². The quantitative estimate of drug-likeness (QED) is 0.274. The van der Waals surface area contributed by atoms with Gasteiger partial charge >= 0.3 is 0 Å². The average molecular weight is 589 g/mol. The third kappa shape index (κ3) is 4.69. The van der Waals surface area contributed by atoms with Gasteiger partial charge in [-0.2, -0.15) is 0 Å². The van der Waals surface area contributed by atoms with Gasteiger partial charge in [-0.05, 0) is 68.1 Å². The third-order valence-electron chi connectivity index (χ3n) is 9.60. The molecule has 7 rings (SSSR count). The molecule has 4 aromatic carbocycles. The molecule has 1 fully saturated rings. The minimum atomic E-state index is -0.239. The van der Waals surface area contributed by atoms with Gasteiger partial charge in [-0.3, -0.25) is 33.9 Å². The van der Waals surface area contributed by atoms with Crippen molar-refractivity contribution in [3.8, 4) is 0 Å². The molecule has 3 aliphatic rings. The highest BCUT2D eigenvalue weighted by Crippen LogP contribution is 2.32. The number of benzene rings is 4. The van der Waals surface area contributed by atoms with E-state index in [2.05, 4.69) is 24.1 Å².